The molecule has 27 nitrogen and oxygen atoms in total. The number of likely N-dealkylation sites (tertiary alicyclic amines) is 1. The van der Waals surface area contributed by atoms with E-state index in [2.05, 4.69) is 47.5 Å². The van der Waals surface area contributed by atoms with E-state index in [1.807, 2.05) is 56.5 Å². The van der Waals surface area contributed by atoms with E-state index in [1.165, 1.54) is 46.1 Å². The number of nitrogens with one attached hydrogen (secondary N) is 8. The molecule has 4 rings (SSSR count). The number of anilines is 1. The maximum Gasteiger partial charge on any atom is 0.408 e. The fourth-order valence-electron chi connectivity index (χ4n) is 11.5. The number of methoxy groups -OCH3 is 2. The molecular weight excluding hydrogens is 1250 g/mol. The van der Waals surface area contributed by atoms with Crippen molar-refractivity contribution in [3.8, 4) is 0 Å². The van der Waals surface area contributed by atoms with Gasteiger partial charge in [-0.1, -0.05) is 97.4 Å². The highest BCUT2D eigenvalue weighted by Gasteiger charge is 2.44. The minimum absolute atomic E-state index is 0.0486. The van der Waals surface area contributed by atoms with Crippen molar-refractivity contribution < 1.29 is 62.2 Å². The lowest BCUT2D eigenvalue weighted by Crippen LogP contribution is -2.62. The highest BCUT2D eigenvalue weighted by atomic mass is 32.1. The molecule has 534 valence electrons. The number of aromatic nitrogens is 1. The van der Waals surface area contributed by atoms with E-state index in [0.717, 1.165) is 10.6 Å². The summed E-state index contributed by atoms with van der Waals surface area (Å²) in [5.41, 5.74) is 15.9. The van der Waals surface area contributed by atoms with E-state index in [9.17, 15) is 47.9 Å². The Balaban J connectivity index is 1.39. The molecule has 0 aliphatic carbocycles. The first-order chi connectivity index (χ1) is 45.3. The van der Waals surface area contributed by atoms with E-state index < -0.39 is 125 Å². The number of nitrogens with zero attached hydrogens (tertiary/aromatic N) is 3. The van der Waals surface area contributed by atoms with Crippen molar-refractivity contribution in [3.05, 3.63) is 82.3 Å². The Morgan fingerprint density at radius 3 is 1.97 bits per heavy atom. The predicted molar refractivity (Wildman–Crippen MR) is 367 cm³/mol. The number of thiazole rings is 1. The van der Waals surface area contributed by atoms with Crippen LogP contribution in [0.4, 0.5) is 15.3 Å². The second-order valence-corrected chi connectivity index (χ2v) is 27.6. The molecule has 14 N–H and O–H groups in total. The lowest BCUT2D eigenvalue weighted by Gasteiger charge is -2.41. The van der Waals surface area contributed by atoms with Gasteiger partial charge in [0.15, 0.2) is 0 Å². The van der Waals surface area contributed by atoms with Crippen molar-refractivity contribution >= 4 is 76.4 Å². The number of alkyl carbamates (subject to hydrolysis) is 1. The minimum Gasteiger partial charge on any atom is -0.445 e. The highest BCUT2D eigenvalue weighted by molar-refractivity contribution is 7.09. The Labute approximate surface area is 570 Å². The van der Waals surface area contributed by atoms with Gasteiger partial charge in [0.25, 0.3) is 0 Å². The molecule has 2 heterocycles. The molecule has 0 spiro atoms. The molecule has 0 unspecified atom stereocenters. The summed E-state index contributed by atoms with van der Waals surface area (Å²) in [5, 5.41) is 24.7. The standard InChI is InChI=1S/C68H108N14O13S/c1-15-42(6)55(51(93-13)38-52(83)82-35-22-27-50(82)56(94-14)43(7)57(84)76-49(61-72-34-36-96-61)37-44-23-17-16-18-24-44)81(12)62(88)54(41(4)5)79-64(90)68(10,11)80-66(92)95-39-45-28-30-46(31-29-45)74-58(85)47(26-21-33-73-65(70)91)75-60(87)53(40(2)3)78-59(86)48(25-19-20-32-69)77-63(89)67(8,9)71/h16-18,23-24,28-31,34,36,40-43,47-51,53-56H,15,19-22,25-27,32-33,35,37-39,69,71H2,1-14H3,(H,74,85)(H,75,87)(H,76,84)(H,77,89)(H,78,86)(H,79,90)(H,80,92)(H3,70,73,91)/t42-,43+,47-,48-,49-,50-,51+,53-,54-,55-,56+/m0/s1. The fourth-order valence-corrected chi connectivity index (χ4v) is 12.2. The number of amides is 11. The van der Waals surface area contributed by atoms with Gasteiger partial charge in [-0.2, -0.15) is 0 Å². The van der Waals surface area contributed by atoms with Crippen molar-refractivity contribution in [2.45, 2.75) is 213 Å². The molecule has 0 radical (unpaired) electrons. The van der Waals surface area contributed by atoms with E-state index >= 15 is 0 Å². The van der Waals surface area contributed by atoms with Crippen molar-refractivity contribution in [1.29, 1.82) is 0 Å². The molecule has 1 saturated heterocycles. The monoisotopic (exact) mass is 1360 g/mol. The summed E-state index contributed by atoms with van der Waals surface area (Å²) < 4.78 is 17.7. The molecular formula is C68H108N14O13S. The molecule has 1 aliphatic heterocycles. The Bertz CT molecular complexity index is 3000. The molecule has 28 heteroatoms. The van der Waals surface area contributed by atoms with Gasteiger partial charge in [-0.15, -0.1) is 11.3 Å². The summed E-state index contributed by atoms with van der Waals surface area (Å²) in [7, 11) is 4.69. The predicted octanol–water partition coefficient (Wildman–Crippen LogP) is 4.67. The average molecular weight is 1360 g/mol. The van der Waals surface area contributed by atoms with Crippen LogP contribution in [0, 0.1) is 23.7 Å². The third-order valence-electron chi connectivity index (χ3n) is 17.4. The maximum absolute atomic E-state index is 14.7. The van der Waals surface area contributed by atoms with Gasteiger partial charge in [0.2, 0.25) is 47.3 Å². The zero-order valence-electron chi connectivity index (χ0n) is 58.5. The average Bonchev–Trinajstić information content (AvgIpc) is 1.41. The van der Waals surface area contributed by atoms with E-state index in [-0.39, 0.29) is 62.6 Å². The fraction of sp³-hybridized carbons (Fsp3) is 0.632. The zero-order chi connectivity index (χ0) is 71.6. The van der Waals surface area contributed by atoms with Crippen LogP contribution in [0.1, 0.15) is 156 Å². The van der Waals surface area contributed by atoms with E-state index in [1.54, 1.807) is 82.1 Å². The summed E-state index contributed by atoms with van der Waals surface area (Å²) in [6.07, 6.45) is 3.37. The summed E-state index contributed by atoms with van der Waals surface area (Å²) in [5.74, 6) is -5.74. The topological polar surface area (TPSA) is 392 Å². The molecule has 0 saturated carbocycles. The number of unbranched alkanes of at least 4 members (excludes halogenated alkanes) is 1. The van der Waals surface area contributed by atoms with Gasteiger partial charge in [-0.25, -0.2) is 14.6 Å². The Morgan fingerprint density at radius 1 is 0.750 bits per heavy atom. The number of hydrogen-bond acceptors (Lipinski definition) is 17. The number of nitrogens with two attached hydrogens (primary N) is 3. The van der Waals surface area contributed by atoms with Crippen molar-refractivity contribution in [3.63, 3.8) is 0 Å². The van der Waals surface area contributed by atoms with Crippen molar-refractivity contribution in [2.75, 3.05) is 46.2 Å². The second-order valence-electron chi connectivity index (χ2n) is 26.7. The van der Waals surface area contributed by atoms with Crippen molar-refractivity contribution in [1.82, 2.24) is 52.0 Å². The van der Waals surface area contributed by atoms with Crippen LogP contribution in [0.5, 0.6) is 0 Å². The van der Waals surface area contributed by atoms with Crippen LogP contribution < -0.4 is 59.7 Å². The summed E-state index contributed by atoms with van der Waals surface area (Å²) in [6, 6.07) is 9.57. The SMILES string of the molecule is CC[C@H](C)[C@@H]([C@@H](CC(=O)N1CCC[C@H]1[C@H](OC)[C@@H](C)C(=O)N[C@@H](Cc1ccccc1)c1nccs1)OC)N(C)C(=O)[C@@H](NC(=O)C(C)(C)NC(=O)OCc1ccc(NC(=O)[C@H](CCCNC(N)=O)NC(=O)[C@@H](NC(=O)[C@H](CCCCN)NC(=O)C(C)(C)N)C(C)C)cc1)C(C)C. The van der Waals surface area contributed by atoms with Crippen LogP contribution in [-0.4, -0.2) is 175 Å². The first kappa shape index (κ1) is 80.6. The summed E-state index contributed by atoms with van der Waals surface area (Å²) in [4.78, 5) is 144. The molecule has 2 aromatic carbocycles. The molecule has 11 atom stereocenters. The van der Waals surface area contributed by atoms with Crippen LogP contribution in [0.25, 0.3) is 0 Å². The molecule has 1 fully saturated rings. The highest BCUT2D eigenvalue weighted by Crippen LogP contribution is 2.31. The second kappa shape index (κ2) is 38.8. The number of benzene rings is 2. The molecule has 1 aliphatic rings. The van der Waals surface area contributed by atoms with Gasteiger partial charge < -0.3 is 83.7 Å². The number of urea groups is 1. The van der Waals surface area contributed by atoms with Gasteiger partial charge in [0, 0.05) is 51.6 Å². The summed E-state index contributed by atoms with van der Waals surface area (Å²) in [6.45, 7) is 19.4. The van der Waals surface area contributed by atoms with Crippen LogP contribution in [0.15, 0.2) is 66.2 Å². The molecule has 11 amide bonds. The molecule has 3 aromatic rings. The van der Waals surface area contributed by atoms with Gasteiger partial charge in [-0.05, 0) is 127 Å². The van der Waals surface area contributed by atoms with Crippen LogP contribution >= 0.6 is 11.3 Å². The van der Waals surface area contributed by atoms with Gasteiger partial charge in [0.1, 0.15) is 41.3 Å². The maximum atomic E-state index is 14.7. The Hall–Kier alpha value is -7.79. The quantitative estimate of drug-likeness (QED) is 0.0346. The lowest BCUT2D eigenvalue weighted by atomic mass is 9.89. The number of rotatable bonds is 39. The van der Waals surface area contributed by atoms with Crippen LogP contribution in [-0.2, 0) is 65.6 Å². The lowest BCUT2D eigenvalue weighted by molar-refractivity contribution is -0.148. The van der Waals surface area contributed by atoms with E-state index in [0.29, 0.717) is 62.9 Å². The number of likely N-dealkylation sites (N-methyl/N-ethyl adjacent to an activating group) is 1. The van der Waals surface area contributed by atoms with Gasteiger partial charge >= 0.3 is 12.1 Å². The number of primary amides is 1. The first-order valence-corrected chi connectivity index (χ1v) is 34.1. The number of carbonyl (C=O) groups excluding carboxylic acids is 10. The van der Waals surface area contributed by atoms with E-state index in [4.69, 9.17) is 31.4 Å². The summed E-state index contributed by atoms with van der Waals surface area (Å²) >= 11 is 1.47. The normalized spacial score (nSPS) is 16.4. The largest absolute Gasteiger partial charge is 0.445 e. The number of hydrogen-bond donors (Lipinski definition) is 11. The molecule has 96 heavy (non-hydrogen) atoms. The van der Waals surface area contributed by atoms with Gasteiger partial charge in [-0.3, -0.25) is 38.4 Å². The Kier molecular flexibility index (Phi) is 32.6. The third kappa shape index (κ3) is 24.7. The van der Waals surface area contributed by atoms with Crippen LogP contribution in [0.3, 0.4) is 0 Å². The minimum atomic E-state index is -1.60. The number of carbonyl (C=O) groups is 10. The Morgan fingerprint density at radius 2 is 1.40 bits per heavy atom. The van der Waals surface area contributed by atoms with Gasteiger partial charge in [0.05, 0.1) is 48.2 Å². The third-order valence-corrected chi connectivity index (χ3v) is 18.3. The first-order valence-electron chi connectivity index (χ1n) is 33.2. The number of ether oxygens (including phenoxy) is 3. The van der Waals surface area contributed by atoms with Crippen LogP contribution in [0.2, 0.25) is 0 Å². The molecule has 1 aromatic heterocycles. The smallest absolute Gasteiger partial charge is 0.408 e. The van der Waals surface area contributed by atoms with Crippen molar-refractivity contribution in [2.24, 2.45) is 40.9 Å². The molecule has 0 bridgehead atoms. The zero-order valence-corrected chi connectivity index (χ0v) is 59.4.